The smallest absolute Gasteiger partial charge is 0.230 e. The van der Waals surface area contributed by atoms with Crippen molar-refractivity contribution in [2.75, 3.05) is 26.0 Å². The molecule has 1 rings (SSSR count). The van der Waals surface area contributed by atoms with Crippen LogP contribution in [-0.4, -0.2) is 37.0 Å². The van der Waals surface area contributed by atoms with E-state index in [0.29, 0.717) is 24.6 Å². The van der Waals surface area contributed by atoms with Gasteiger partial charge in [-0.05, 0) is 36.6 Å². The molecular formula is C14H21NO3S. The van der Waals surface area contributed by atoms with Crippen LogP contribution in [0.25, 0.3) is 0 Å². The molecule has 0 spiro atoms. The number of thioether (sulfide) groups is 1. The van der Waals surface area contributed by atoms with Crippen molar-refractivity contribution in [3.8, 4) is 5.75 Å². The fourth-order valence-corrected chi connectivity index (χ4v) is 2.21. The lowest BCUT2D eigenvalue weighted by Gasteiger charge is -2.11. The van der Waals surface area contributed by atoms with Crippen molar-refractivity contribution in [2.24, 2.45) is 5.92 Å². The van der Waals surface area contributed by atoms with E-state index in [2.05, 4.69) is 5.32 Å². The van der Waals surface area contributed by atoms with Gasteiger partial charge in [-0.1, -0.05) is 6.92 Å². The van der Waals surface area contributed by atoms with Crippen LogP contribution in [0.15, 0.2) is 29.2 Å². The highest BCUT2D eigenvalue weighted by Crippen LogP contribution is 2.20. The third kappa shape index (κ3) is 6.50. The summed E-state index contributed by atoms with van der Waals surface area (Å²) in [4.78, 5) is 12.7. The molecule has 0 aliphatic heterocycles. The predicted octanol–water partition coefficient (Wildman–Crippen LogP) is 1.92. The average molecular weight is 283 g/mol. The normalized spacial score (nSPS) is 11.9. The number of ether oxygens (including phenoxy) is 1. The summed E-state index contributed by atoms with van der Waals surface area (Å²) in [5.74, 6) is 1.54. The van der Waals surface area contributed by atoms with Gasteiger partial charge in [0.1, 0.15) is 5.75 Å². The van der Waals surface area contributed by atoms with E-state index >= 15 is 0 Å². The Morgan fingerprint density at radius 1 is 1.42 bits per heavy atom. The number of carbonyl (C=O) groups excluding carboxylic acids is 1. The number of amides is 1. The average Bonchev–Trinajstić information content (AvgIpc) is 2.44. The Kier molecular flexibility index (Phi) is 7.36. The van der Waals surface area contributed by atoms with Gasteiger partial charge in [-0.25, -0.2) is 0 Å². The summed E-state index contributed by atoms with van der Waals surface area (Å²) in [7, 11) is 1.63. The summed E-state index contributed by atoms with van der Waals surface area (Å²) in [5, 5.41) is 11.6. The molecule has 5 heteroatoms. The summed E-state index contributed by atoms with van der Waals surface area (Å²) in [5.41, 5.74) is 0. The molecule has 1 amide bonds. The van der Waals surface area contributed by atoms with E-state index < -0.39 is 0 Å². The summed E-state index contributed by atoms with van der Waals surface area (Å²) >= 11 is 1.50. The standard InChI is InChI=1S/C14H21NO3S/c1-11(7-8-16)9-15-14(17)10-19-13-5-3-12(18-2)4-6-13/h3-6,11,16H,7-10H2,1-2H3,(H,15,17). The van der Waals surface area contributed by atoms with Gasteiger partial charge in [0, 0.05) is 18.0 Å². The van der Waals surface area contributed by atoms with E-state index in [1.165, 1.54) is 11.8 Å². The monoisotopic (exact) mass is 283 g/mol. The van der Waals surface area contributed by atoms with E-state index in [0.717, 1.165) is 10.6 Å². The summed E-state index contributed by atoms with van der Waals surface area (Å²) in [6.07, 6.45) is 0.714. The Bertz CT molecular complexity index is 381. The molecule has 19 heavy (non-hydrogen) atoms. The molecular weight excluding hydrogens is 262 g/mol. The summed E-state index contributed by atoms with van der Waals surface area (Å²) in [6, 6.07) is 7.63. The first kappa shape index (κ1) is 15.9. The van der Waals surface area contributed by atoms with E-state index in [-0.39, 0.29) is 12.5 Å². The second-order valence-electron chi connectivity index (χ2n) is 4.39. The Hall–Kier alpha value is -1.20. The van der Waals surface area contributed by atoms with Crippen molar-refractivity contribution in [2.45, 2.75) is 18.2 Å². The number of benzene rings is 1. The summed E-state index contributed by atoms with van der Waals surface area (Å²) < 4.78 is 5.07. The Morgan fingerprint density at radius 3 is 2.68 bits per heavy atom. The number of nitrogens with one attached hydrogen (secondary N) is 1. The van der Waals surface area contributed by atoms with Gasteiger partial charge in [0.2, 0.25) is 5.91 Å². The Morgan fingerprint density at radius 2 is 2.11 bits per heavy atom. The van der Waals surface area contributed by atoms with Crippen LogP contribution in [0.2, 0.25) is 0 Å². The maximum absolute atomic E-state index is 11.6. The van der Waals surface area contributed by atoms with Crippen molar-refractivity contribution < 1.29 is 14.6 Å². The molecule has 0 heterocycles. The van der Waals surface area contributed by atoms with Crippen molar-refractivity contribution in [3.63, 3.8) is 0 Å². The minimum Gasteiger partial charge on any atom is -0.497 e. The molecule has 1 aromatic rings. The molecule has 2 N–H and O–H groups in total. The minimum atomic E-state index is 0.0191. The molecule has 0 aliphatic rings. The first-order chi connectivity index (χ1) is 9.15. The molecule has 106 valence electrons. The van der Waals surface area contributed by atoms with Crippen LogP contribution in [0.3, 0.4) is 0 Å². The van der Waals surface area contributed by atoms with Crippen LogP contribution in [0.1, 0.15) is 13.3 Å². The second kappa shape index (κ2) is 8.82. The molecule has 0 saturated carbocycles. The molecule has 4 nitrogen and oxygen atoms in total. The van der Waals surface area contributed by atoms with Gasteiger partial charge in [0.15, 0.2) is 0 Å². The zero-order valence-electron chi connectivity index (χ0n) is 11.4. The van der Waals surface area contributed by atoms with E-state index in [9.17, 15) is 4.79 Å². The number of aliphatic hydroxyl groups is 1. The van der Waals surface area contributed by atoms with Gasteiger partial charge in [0.05, 0.1) is 12.9 Å². The first-order valence-electron chi connectivity index (χ1n) is 6.30. The van der Waals surface area contributed by atoms with Gasteiger partial charge in [0.25, 0.3) is 0 Å². The molecule has 0 aromatic heterocycles. The number of hydrogen-bond acceptors (Lipinski definition) is 4. The molecule has 1 unspecified atom stereocenters. The molecule has 0 fully saturated rings. The van der Waals surface area contributed by atoms with Crippen molar-refractivity contribution in [1.29, 1.82) is 0 Å². The zero-order valence-corrected chi connectivity index (χ0v) is 12.2. The van der Waals surface area contributed by atoms with Crippen molar-refractivity contribution >= 4 is 17.7 Å². The zero-order chi connectivity index (χ0) is 14.1. The van der Waals surface area contributed by atoms with Gasteiger partial charge in [-0.2, -0.15) is 0 Å². The van der Waals surface area contributed by atoms with Gasteiger partial charge < -0.3 is 15.2 Å². The highest BCUT2D eigenvalue weighted by atomic mass is 32.2. The van der Waals surface area contributed by atoms with Crippen LogP contribution < -0.4 is 10.1 Å². The molecule has 0 aliphatic carbocycles. The number of rotatable bonds is 8. The quantitative estimate of drug-likeness (QED) is 0.716. The highest BCUT2D eigenvalue weighted by molar-refractivity contribution is 8.00. The Balaban J connectivity index is 2.25. The van der Waals surface area contributed by atoms with E-state index in [4.69, 9.17) is 9.84 Å². The Labute approximate surface area is 118 Å². The van der Waals surface area contributed by atoms with E-state index in [1.54, 1.807) is 7.11 Å². The number of carbonyl (C=O) groups is 1. The predicted molar refractivity (Wildman–Crippen MR) is 77.6 cm³/mol. The fraction of sp³-hybridized carbons (Fsp3) is 0.500. The molecule has 1 aromatic carbocycles. The lowest BCUT2D eigenvalue weighted by molar-refractivity contribution is -0.118. The van der Waals surface area contributed by atoms with E-state index in [1.807, 2.05) is 31.2 Å². The third-order valence-corrected chi connectivity index (χ3v) is 3.71. The molecule has 0 saturated heterocycles. The van der Waals surface area contributed by atoms with Gasteiger partial charge >= 0.3 is 0 Å². The van der Waals surface area contributed by atoms with Crippen LogP contribution >= 0.6 is 11.8 Å². The number of aliphatic hydroxyl groups excluding tert-OH is 1. The number of methoxy groups -OCH3 is 1. The van der Waals surface area contributed by atoms with Gasteiger partial charge in [-0.15, -0.1) is 11.8 Å². The maximum atomic E-state index is 11.6. The third-order valence-electron chi connectivity index (χ3n) is 2.70. The molecule has 1 atom stereocenters. The van der Waals surface area contributed by atoms with Crippen molar-refractivity contribution in [1.82, 2.24) is 5.32 Å². The number of hydrogen-bond donors (Lipinski definition) is 2. The first-order valence-corrected chi connectivity index (χ1v) is 7.28. The highest BCUT2D eigenvalue weighted by Gasteiger charge is 2.06. The van der Waals surface area contributed by atoms with Crippen molar-refractivity contribution in [3.05, 3.63) is 24.3 Å². The largest absolute Gasteiger partial charge is 0.497 e. The molecule has 0 radical (unpaired) electrons. The van der Waals surface area contributed by atoms with Crippen LogP contribution in [0.4, 0.5) is 0 Å². The summed E-state index contributed by atoms with van der Waals surface area (Å²) in [6.45, 7) is 2.79. The lowest BCUT2D eigenvalue weighted by atomic mass is 10.1. The second-order valence-corrected chi connectivity index (χ2v) is 5.43. The minimum absolute atomic E-state index is 0.0191. The lowest BCUT2D eigenvalue weighted by Crippen LogP contribution is -2.29. The van der Waals surface area contributed by atoms with Gasteiger partial charge in [-0.3, -0.25) is 4.79 Å². The van der Waals surface area contributed by atoms with Crippen LogP contribution in [-0.2, 0) is 4.79 Å². The maximum Gasteiger partial charge on any atom is 0.230 e. The molecule has 0 bridgehead atoms. The topological polar surface area (TPSA) is 58.6 Å². The SMILES string of the molecule is COc1ccc(SCC(=O)NCC(C)CCO)cc1. The van der Waals surface area contributed by atoms with Crippen LogP contribution in [0.5, 0.6) is 5.75 Å². The van der Waals surface area contributed by atoms with Crippen LogP contribution in [0, 0.1) is 5.92 Å². The fourth-order valence-electron chi connectivity index (χ4n) is 1.48.